The van der Waals surface area contributed by atoms with Crippen molar-refractivity contribution in [2.45, 2.75) is 19.8 Å². The lowest BCUT2D eigenvalue weighted by Crippen LogP contribution is -2.44. The van der Waals surface area contributed by atoms with Gasteiger partial charge in [0.25, 0.3) is 0 Å². The van der Waals surface area contributed by atoms with E-state index in [1.165, 1.54) is 11.9 Å². The summed E-state index contributed by atoms with van der Waals surface area (Å²) in [6.45, 7) is 1.47. The van der Waals surface area contributed by atoms with E-state index in [0.717, 1.165) is 10.5 Å². The van der Waals surface area contributed by atoms with E-state index in [-0.39, 0.29) is 42.6 Å². The van der Waals surface area contributed by atoms with E-state index in [9.17, 15) is 19.2 Å². The zero-order chi connectivity index (χ0) is 19.6. The topological polar surface area (TPSA) is 86.8 Å². The van der Waals surface area contributed by atoms with Crippen molar-refractivity contribution in [3.8, 4) is 0 Å². The molecule has 1 saturated heterocycles. The predicted octanol–water partition coefficient (Wildman–Crippen LogP) is 1.34. The summed E-state index contributed by atoms with van der Waals surface area (Å²) in [6, 6.07) is 7.32. The van der Waals surface area contributed by atoms with E-state index in [2.05, 4.69) is 5.32 Å². The third-order valence-corrected chi connectivity index (χ3v) is 5.03. The molecular weight excluding hydrogens is 346 g/mol. The first-order chi connectivity index (χ1) is 12.9. The Morgan fingerprint density at radius 3 is 2.19 bits per heavy atom. The van der Waals surface area contributed by atoms with Gasteiger partial charge in [-0.25, -0.2) is 0 Å². The van der Waals surface area contributed by atoms with Crippen LogP contribution in [-0.4, -0.2) is 53.6 Å². The Bertz CT molecular complexity index is 774. The lowest BCUT2D eigenvalue weighted by molar-refractivity contribution is -0.146. The number of nitrogens with zero attached hydrogens (tertiary/aromatic N) is 2. The Hall–Kier alpha value is -2.96. The van der Waals surface area contributed by atoms with Crippen LogP contribution in [0.1, 0.15) is 18.4 Å². The molecular formula is C20H23N3O4. The molecule has 0 saturated carbocycles. The van der Waals surface area contributed by atoms with Crippen LogP contribution < -0.4 is 5.32 Å². The van der Waals surface area contributed by atoms with Crippen LogP contribution >= 0.6 is 0 Å². The van der Waals surface area contributed by atoms with Crippen LogP contribution in [-0.2, 0) is 19.2 Å². The number of carbonyl (C=O) groups excluding carboxylic acids is 4. The number of likely N-dealkylation sites (N-methyl/N-ethyl adjacent to an activating group) is 1. The van der Waals surface area contributed by atoms with Crippen molar-refractivity contribution in [3.05, 3.63) is 42.0 Å². The molecule has 2 atom stereocenters. The molecule has 1 N–H and O–H groups in total. The fraction of sp³-hybridized carbons (Fsp3) is 0.400. The first kappa shape index (κ1) is 18.8. The normalized spacial score (nSPS) is 21.2. The second-order valence-electron chi connectivity index (χ2n) is 7.08. The summed E-state index contributed by atoms with van der Waals surface area (Å²) in [6.07, 6.45) is 4.88. The second kappa shape index (κ2) is 7.73. The van der Waals surface area contributed by atoms with Gasteiger partial charge in [0.2, 0.25) is 23.6 Å². The second-order valence-corrected chi connectivity index (χ2v) is 7.08. The highest BCUT2D eigenvalue weighted by atomic mass is 16.2. The molecule has 3 rings (SSSR count). The minimum absolute atomic E-state index is 0.155. The number of rotatable bonds is 5. The third-order valence-electron chi connectivity index (χ3n) is 5.03. The molecule has 1 aromatic rings. The Labute approximate surface area is 158 Å². The molecule has 27 heavy (non-hydrogen) atoms. The Morgan fingerprint density at radius 2 is 1.63 bits per heavy atom. The van der Waals surface area contributed by atoms with Gasteiger partial charge in [-0.3, -0.25) is 24.1 Å². The molecule has 1 heterocycles. The molecule has 7 heteroatoms. The van der Waals surface area contributed by atoms with Gasteiger partial charge >= 0.3 is 0 Å². The first-order valence-corrected chi connectivity index (χ1v) is 8.97. The molecule has 0 unspecified atom stereocenters. The van der Waals surface area contributed by atoms with E-state index in [1.807, 2.05) is 31.2 Å². The van der Waals surface area contributed by atoms with E-state index < -0.39 is 5.91 Å². The van der Waals surface area contributed by atoms with Gasteiger partial charge in [0.05, 0.1) is 18.4 Å². The van der Waals surface area contributed by atoms with Gasteiger partial charge in [0.1, 0.15) is 6.54 Å². The highest BCUT2D eigenvalue weighted by Crippen LogP contribution is 2.34. The van der Waals surface area contributed by atoms with Crippen molar-refractivity contribution in [2.75, 3.05) is 25.5 Å². The number of hydrogen-bond acceptors (Lipinski definition) is 4. The maximum absolute atomic E-state index is 12.4. The average molecular weight is 369 g/mol. The third kappa shape index (κ3) is 4.07. The molecule has 2 aliphatic rings. The summed E-state index contributed by atoms with van der Waals surface area (Å²) >= 11 is 0. The first-order valence-electron chi connectivity index (χ1n) is 8.97. The largest absolute Gasteiger partial charge is 0.335 e. The monoisotopic (exact) mass is 369 g/mol. The molecule has 0 radical (unpaired) electrons. The average Bonchev–Trinajstić information content (AvgIpc) is 2.89. The molecule has 4 amide bonds. The van der Waals surface area contributed by atoms with Crippen LogP contribution in [0.4, 0.5) is 5.69 Å². The number of allylic oxidation sites excluding steroid dienone is 2. The number of benzene rings is 1. The maximum atomic E-state index is 12.4. The van der Waals surface area contributed by atoms with Crippen molar-refractivity contribution < 1.29 is 19.2 Å². The summed E-state index contributed by atoms with van der Waals surface area (Å²) in [7, 11) is 1.48. The predicted molar refractivity (Wildman–Crippen MR) is 99.5 cm³/mol. The molecule has 1 aliphatic carbocycles. The SMILES string of the molecule is Cc1ccc(NC(=O)CN(C)C(=O)CN2C(=O)[C@H]3CC=CC[C@@H]3C2=O)cc1. The molecule has 1 fully saturated rings. The summed E-state index contributed by atoms with van der Waals surface area (Å²) in [5.41, 5.74) is 1.73. The van der Waals surface area contributed by atoms with Gasteiger partial charge in [0.15, 0.2) is 0 Å². The highest BCUT2D eigenvalue weighted by molar-refractivity contribution is 6.07. The van der Waals surface area contributed by atoms with Crippen LogP contribution in [0.15, 0.2) is 36.4 Å². The lowest BCUT2D eigenvalue weighted by Gasteiger charge is -2.20. The van der Waals surface area contributed by atoms with Crippen molar-refractivity contribution in [1.29, 1.82) is 0 Å². The molecule has 7 nitrogen and oxygen atoms in total. The number of nitrogens with one attached hydrogen (secondary N) is 1. The van der Waals surface area contributed by atoms with Crippen LogP contribution in [0.2, 0.25) is 0 Å². The standard InChI is InChI=1S/C20H23N3O4/c1-13-7-9-14(10-8-13)21-17(24)11-22(2)18(25)12-23-19(26)15-5-3-4-6-16(15)20(23)27/h3-4,7-10,15-16H,5-6,11-12H2,1-2H3,(H,21,24)/t15-,16-/m0/s1. The lowest BCUT2D eigenvalue weighted by atomic mass is 9.85. The summed E-state index contributed by atoms with van der Waals surface area (Å²) in [4.78, 5) is 51.6. The molecule has 1 aromatic carbocycles. The molecule has 142 valence electrons. The van der Waals surface area contributed by atoms with Crippen molar-refractivity contribution in [2.24, 2.45) is 11.8 Å². The van der Waals surface area contributed by atoms with Crippen LogP contribution in [0.25, 0.3) is 0 Å². The van der Waals surface area contributed by atoms with Crippen LogP contribution in [0, 0.1) is 18.8 Å². The van der Waals surface area contributed by atoms with E-state index in [4.69, 9.17) is 0 Å². The van der Waals surface area contributed by atoms with Gasteiger partial charge < -0.3 is 10.2 Å². The smallest absolute Gasteiger partial charge is 0.243 e. The quantitative estimate of drug-likeness (QED) is 0.627. The maximum Gasteiger partial charge on any atom is 0.243 e. The number of anilines is 1. The zero-order valence-corrected chi connectivity index (χ0v) is 15.5. The number of likely N-dealkylation sites (tertiary alicyclic amines) is 1. The highest BCUT2D eigenvalue weighted by Gasteiger charge is 2.47. The number of hydrogen-bond donors (Lipinski definition) is 1. The Kier molecular flexibility index (Phi) is 5.39. The van der Waals surface area contributed by atoms with Crippen LogP contribution in [0.5, 0.6) is 0 Å². The Balaban J connectivity index is 1.54. The van der Waals surface area contributed by atoms with Gasteiger partial charge in [-0.05, 0) is 31.9 Å². The molecule has 0 bridgehead atoms. The van der Waals surface area contributed by atoms with Crippen molar-refractivity contribution in [1.82, 2.24) is 9.80 Å². The van der Waals surface area contributed by atoms with Crippen LogP contribution in [0.3, 0.4) is 0 Å². The van der Waals surface area contributed by atoms with E-state index in [0.29, 0.717) is 18.5 Å². The van der Waals surface area contributed by atoms with E-state index in [1.54, 1.807) is 12.1 Å². The minimum Gasteiger partial charge on any atom is -0.335 e. The number of fused-ring (bicyclic) bond motifs is 1. The van der Waals surface area contributed by atoms with Gasteiger partial charge in [-0.2, -0.15) is 0 Å². The zero-order valence-electron chi connectivity index (χ0n) is 15.5. The molecule has 0 spiro atoms. The summed E-state index contributed by atoms with van der Waals surface area (Å²) in [5, 5.41) is 2.72. The van der Waals surface area contributed by atoms with Crippen molar-refractivity contribution >= 4 is 29.3 Å². The van der Waals surface area contributed by atoms with Gasteiger partial charge in [0, 0.05) is 12.7 Å². The number of imide groups is 1. The molecule has 1 aliphatic heterocycles. The summed E-state index contributed by atoms with van der Waals surface area (Å²) < 4.78 is 0. The van der Waals surface area contributed by atoms with Crippen molar-refractivity contribution in [3.63, 3.8) is 0 Å². The molecule has 0 aromatic heterocycles. The Morgan fingerprint density at radius 1 is 1.07 bits per heavy atom. The minimum atomic E-state index is -0.442. The fourth-order valence-electron chi connectivity index (χ4n) is 3.42. The number of aryl methyl sites for hydroxylation is 1. The fourth-order valence-corrected chi connectivity index (χ4v) is 3.42. The number of carbonyl (C=O) groups is 4. The summed E-state index contributed by atoms with van der Waals surface area (Å²) in [5.74, 6) is -2.08. The van der Waals surface area contributed by atoms with E-state index >= 15 is 0 Å². The van der Waals surface area contributed by atoms with Gasteiger partial charge in [-0.1, -0.05) is 29.8 Å². The number of amides is 4. The van der Waals surface area contributed by atoms with Gasteiger partial charge in [-0.15, -0.1) is 0 Å².